The van der Waals surface area contributed by atoms with E-state index in [0.29, 0.717) is 0 Å². The molecule has 5 N–H and O–H groups in total. The molecule has 0 aromatic heterocycles. The monoisotopic (exact) mass is 289 g/mol. The summed E-state index contributed by atoms with van der Waals surface area (Å²) in [5.74, 6) is -1.37. The number of nitrogens with two attached hydrogens (primary N) is 2. The van der Waals surface area contributed by atoms with Gasteiger partial charge in [0.1, 0.15) is 10.7 Å². The number of halogens is 1. The van der Waals surface area contributed by atoms with Gasteiger partial charge in [-0.05, 0) is 32.0 Å². The van der Waals surface area contributed by atoms with Crippen LogP contribution < -0.4 is 16.2 Å². The van der Waals surface area contributed by atoms with E-state index in [1.165, 1.54) is 13.8 Å². The SMILES string of the molecule is CC(C)(CNS(=O)(=O)c1cc(F)ccc1N)C(N)=O. The molecule has 1 aromatic carbocycles. The third-order valence-corrected chi connectivity index (χ3v) is 4.09. The van der Waals surface area contributed by atoms with Gasteiger partial charge in [0.15, 0.2) is 0 Å². The number of carbonyl (C=O) groups is 1. The first-order valence-corrected chi connectivity index (χ1v) is 6.89. The highest BCUT2D eigenvalue weighted by atomic mass is 32.2. The zero-order valence-corrected chi connectivity index (χ0v) is 11.4. The fourth-order valence-corrected chi connectivity index (χ4v) is 2.53. The zero-order chi connectivity index (χ0) is 14.8. The predicted molar refractivity (Wildman–Crippen MR) is 69.0 cm³/mol. The number of hydrogen-bond donors (Lipinski definition) is 3. The lowest BCUT2D eigenvalue weighted by Crippen LogP contribution is -2.42. The zero-order valence-electron chi connectivity index (χ0n) is 10.6. The summed E-state index contributed by atoms with van der Waals surface area (Å²) in [6.45, 7) is 2.78. The number of nitrogens with one attached hydrogen (secondary N) is 1. The normalized spacial score (nSPS) is 12.4. The van der Waals surface area contributed by atoms with Crippen molar-refractivity contribution in [1.82, 2.24) is 4.72 Å². The Morgan fingerprint density at radius 2 is 2.00 bits per heavy atom. The van der Waals surface area contributed by atoms with Gasteiger partial charge in [0, 0.05) is 6.54 Å². The molecular weight excluding hydrogens is 273 g/mol. The molecular formula is C11H16FN3O3S. The molecule has 0 unspecified atom stereocenters. The number of amides is 1. The Balaban J connectivity index is 3.00. The second-order valence-electron chi connectivity index (χ2n) is 4.75. The molecule has 1 amide bonds. The van der Waals surface area contributed by atoms with Gasteiger partial charge < -0.3 is 11.5 Å². The minimum absolute atomic E-state index is 0.0780. The number of nitrogen functional groups attached to an aromatic ring is 1. The molecule has 0 atom stereocenters. The summed E-state index contributed by atoms with van der Waals surface area (Å²) in [5.41, 5.74) is 9.49. The summed E-state index contributed by atoms with van der Waals surface area (Å²) in [6, 6.07) is 3.03. The topological polar surface area (TPSA) is 115 Å². The predicted octanol–water partition coefficient (Wildman–Crippen LogP) is 0.198. The molecule has 6 nitrogen and oxygen atoms in total. The Morgan fingerprint density at radius 3 is 2.53 bits per heavy atom. The van der Waals surface area contributed by atoms with Crippen LogP contribution in [0.25, 0.3) is 0 Å². The third-order valence-electron chi connectivity index (χ3n) is 2.64. The molecule has 0 saturated heterocycles. The van der Waals surface area contributed by atoms with Crippen molar-refractivity contribution in [2.24, 2.45) is 11.1 Å². The third kappa shape index (κ3) is 3.65. The van der Waals surface area contributed by atoms with Crippen LogP contribution >= 0.6 is 0 Å². The van der Waals surface area contributed by atoms with Crippen LogP contribution in [0.2, 0.25) is 0 Å². The molecule has 0 aliphatic carbocycles. The molecule has 19 heavy (non-hydrogen) atoms. The van der Waals surface area contributed by atoms with Crippen molar-refractivity contribution >= 4 is 21.6 Å². The van der Waals surface area contributed by atoms with E-state index in [1.54, 1.807) is 0 Å². The van der Waals surface area contributed by atoms with Gasteiger partial charge in [0.25, 0.3) is 0 Å². The van der Waals surface area contributed by atoms with Gasteiger partial charge in [0.2, 0.25) is 15.9 Å². The van der Waals surface area contributed by atoms with E-state index in [4.69, 9.17) is 11.5 Å². The van der Waals surface area contributed by atoms with E-state index in [0.717, 1.165) is 18.2 Å². The summed E-state index contributed by atoms with van der Waals surface area (Å²) >= 11 is 0. The van der Waals surface area contributed by atoms with Crippen LogP contribution in [-0.4, -0.2) is 20.9 Å². The minimum atomic E-state index is -4.00. The molecule has 0 aliphatic heterocycles. The highest BCUT2D eigenvalue weighted by molar-refractivity contribution is 7.89. The summed E-state index contributed by atoms with van der Waals surface area (Å²) < 4.78 is 39.2. The summed E-state index contributed by atoms with van der Waals surface area (Å²) in [6.07, 6.45) is 0. The minimum Gasteiger partial charge on any atom is -0.398 e. The number of carbonyl (C=O) groups excluding carboxylic acids is 1. The molecule has 106 valence electrons. The first-order valence-electron chi connectivity index (χ1n) is 5.41. The van der Waals surface area contributed by atoms with Gasteiger partial charge in [-0.1, -0.05) is 0 Å². The molecule has 0 bridgehead atoms. The summed E-state index contributed by atoms with van der Waals surface area (Å²) in [5, 5.41) is 0. The van der Waals surface area contributed by atoms with Gasteiger partial charge in [-0.3, -0.25) is 4.79 Å². The van der Waals surface area contributed by atoms with Gasteiger partial charge in [0.05, 0.1) is 11.1 Å². The Hall–Kier alpha value is -1.67. The number of hydrogen-bond acceptors (Lipinski definition) is 4. The molecule has 0 fully saturated rings. The quantitative estimate of drug-likeness (QED) is 0.671. The second-order valence-corrected chi connectivity index (χ2v) is 6.49. The first-order chi connectivity index (χ1) is 8.56. The Bertz CT molecular complexity index is 599. The Labute approximate surface area is 111 Å². The summed E-state index contributed by atoms with van der Waals surface area (Å²) in [4.78, 5) is 10.7. The molecule has 8 heteroatoms. The second kappa shape index (κ2) is 5.14. The Morgan fingerprint density at radius 1 is 1.42 bits per heavy atom. The Kier molecular flexibility index (Phi) is 4.16. The highest BCUT2D eigenvalue weighted by Gasteiger charge is 2.28. The highest BCUT2D eigenvalue weighted by Crippen LogP contribution is 2.20. The van der Waals surface area contributed by atoms with E-state index >= 15 is 0 Å². The van der Waals surface area contributed by atoms with Crippen LogP contribution in [0.1, 0.15) is 13.8 Å². The van der Waals surface area contributed by atoms with E-state index in [1.807, 2.05) is 0 Å². The van der Waals surface area contributed by atoms with Crippen LogP contribution in [0.5, 0.6) is 0 Å². The summed E-state index contributed by atoms with van der Waals surface area (Å²) in [7, 11) is -4.00. The van der Waals surface area contributed by atoms with Crippen molar-refractivity contribution in [3.8, 4) is 0 Å². The van der Waals surface area contributed by atoms with Crippen LogP contribution in [0, 0.1) is 11.2 Å². The number of anilines is 1. The largest absolute Gasteiger partial charge is 0.398 e. The van der Waals surface area contributed by atoms with Gasteiger partial charge in [-0.2, -0.15) is 0 Å². The maximum Gasteiger partial charge on any atom is 0.242 e. The van der Waals surface area contributed by atoms with E-state index in [2.05, 4.69) is 4.72 Å². The molecule has 1 aromatic rings. The molecule has 1 rings (SSSR count). The van der Waals surface area contributed by atoms with Crippen molar-refractivity contribution in [1.29, 1.82) is 0 Å². The van der Waals surface area contributed by atoms with Gasteiger partial charge >= 0.3 is 0 Å². The van der Waals surface area contributed by atoms with E-state index in [-0.39, 0.29) is 17.1 Å². The fourth-order valence-electron chi connectivity index (χ4n) is 1.18. The van der Waals surface area contributed by atoms with Gasteiger partial charge in [-0.25, -0.2) is 17.5 Å². The average Bonchev–Trinajstić information content (AvgIpc) is 2.30. The van der Waals surface area contributed by atoms with Crippen LogP contribution in [-0.2, 0) is 14.8 Å². The smallest absolute Gasteiger partial charge is 0.242 e. The van der Waals surface area contributed by atoms with Gasteiger partial charge in [-0.15, -0.1) is 0 Å². The standard InChI is InChI=1S/C11H16FN3O3S/c1-11(2,10(14)16)6-15-19(17,18)9-5-7(12)3-4-8(9)13/h3-5,15H,6,13H2,1-2H3,(H2,14,16). The molecule has 0 radical (unpaired) electrons. The van der Waals surface area contributed by atoms with Crippen molar-refractivity contribution < 1.29 is 17.6 Å². The number of primary amides is 1. The molecule has 0 spiro atoms. The first kappa shape index (κ1) is 15.4. The number of benzene rings is 1. The lowest BCUT2D eigenvalue weighted by atomic mass is 9.93. The van der Waals surface area contributed by atoms with Crippen molar-refractivity contribution in [3.63, 3.8) is 0 Å². The maximum atomic E-state index is 13.1. The fraction of sp³-hybridized carbons (Fsp3) is 0.364. The lowest BCUT2D eigenvalue weighted by Gasteiger charge is -2.21. The number of sulfonamides is 1. The van der Waals surface area contributed by atoms with Crippen molar-refractivity contribution in [3.05, 3.63) is 24.0 Å². The average molecular weight is 289 g/mol. The number of rotatable bonds is 5. The van der Waals surface area contributed by atoms with Crippen LogP contribution in [0.15, 0.2) is 23.1 Å². The van der Waals surface area contributed by atoms with E-state index < -0.39 is 27.2 Å². The molecule has 0 heterocycles. The van der Waals surface area contributed by atoms with Crippen molar-refractivity contribution in [2.45, 2.75) is 18.7 Å². The van der Waals surface area contributed by atoms with Crippen molar-refractivity contribution in [2.75, 3.05) is 12.3 Å². The van der Waals surface area contributed by atoms with Crippen LogP contribution in [0.4, 0.5) is 10.1 Å². The van der Waals surface area contributed by atoms with E-state index in [9.17, 15) is 17.6 Å². The van der Waals surface area contributed by atoms with Crippen LogP contribution in [0.3, 0.4) is 0 Å². The lowest BCUT2D eigenvalue weighted by molar-refractivity contribution is -0.125. The molecule has 0 aliphatic rings. The molecule has 0 saturated carbocycles. The maximum absolute atomic E-state index is 13.1.